The summed E-state index contributed by atoms with van der Waals surface area (Å²) in [5, 5.41) is 7.77. The lowest BCUT2D eigenvalue weighted by Crippen LogP contribution is -2.28. The first-order valence-corrected chi connectivity index (χ1v) is 6.10. The lowest BCUT2D eigenvalue weighted by molar-refractivity contribution is 0.162. The first-order chi connectivity index (χ1) is 8.28. The largest absolute Gasteiger partial charge is 0.493 e. The molecule has 1 unspecified atom stereocenters. The van der Waals surface area contributed by atoms with Crippen molar-refractivity contribution in [2.75, 3.05) is 27.4 Å². The fraction of sp³-hybridized carbons (Fsp3) is 0.750. The van der Waals surface area contributed by atoms with Crippen LogP contribution in [0.1, 0.15) is 32.0 Å². The van der Waals surface area contributed by atoms with Gasteiger partial charge in [-0.2, -0.15) is 5.10 Å². The van der Waals surface area contributed by atoms with Gasteiger partial charge < -0.3 is 14.8 Å². The minimum absolute atomic E-state index is 0.123. The van der Waals surface area contributed by atoms with Crippen LogP contribution in [0.25, 0.3) is 0 Å². The van der Waals surface area contributed by atoms with Crippen molar-refractivity contribution in [1.29, 1.82) is 0 Å². The van der Waals surface area contributed by atoms with Crippen LogP contribution in [-0.2, 0) is 11.3 Å². The molecule has 0 bridgehead atoms. The molecular weight excluding hydrogens is 218 g/mol. The number of rotatable bonds is 8. The molecule has 1 N–H and O–H groups in total. The number of nitrogens with one attached hydrogen (secondary N) is 1. The summed E-state index contributed by atoms with van der Waals surface area (Å²) >= 11 is 0. The number of aromatic nitrogens is 2. The summed E-state index contributed by atoms with van der Waals surface area (Å²) in [6.45, 7) is 6.60. The molecular formula is C12H23N3O2. The van der Waals surface area contributed by atoms with E-state index in [1.54, 1.807) is 20.4 Å². The molecule has 0 saturated carbocycles. The highest BCUT2D eigenvalue weighted by Gasteiger charge is 2.20. The summed E-state index contributed by atoms with van der Waals surface area (Å²) in [6.07, 6.45) is 2.85. The Morgan fingerprint density at radius 3 is 2.71 bits per heavy atom. The zero-order chi connectivity index (χ0) is 12.7. The van der Waals surface area contributed by atoms with Gasteiger partial charge in [-0.1, -0.05) is 6.92 Å². The van der Waals surface area contributed by atoms with Crippen molar-refractivity contribution in [2.45, 2.75) is 32.9 Å². The summed E-state index contributed by atoms with van der Waals surface area (Å²) in [5.74, 6) is 0.817. The second-order valence-corrected chi connectivity index (χ2v) is 3.88. The van der Waals surface area contributed by atoms with Crippen molar-refractivity contribution in [3.05, 3.63) is 11.9 Å². The quantitative estimate of drug-likeness (QED) is 0.751. The van der Waals surface area contributed by atoms with E-state index < -0.39 is 0 Å². The van der Waals surface area contributed by atoms with Gasteiger partial charge in [0.25, 0.3) is 0 Å². The molecule has 1 atom stereocenters. The fourth-order valence-corrected chi connectivity index (χ4v) is 1.86. The number of hydrogen-bond donors (Lipinski definition) is 1. The van der Waals surface area contributed by atoms with Crippen LogP contribution < -0.4 is 10.1 Å². The Morgan fingerprint density at radius 1 is 1.41 bits per heavy atom. The zero-order valence-corrected chi connectivity index (χ0v) is 11.2. The van der Waals surface area contributed by atoms with Crippen LogP contribution in [0.5, 0.6) is 5.75 Å². The molecule has 0 fully saturated rings. The van der Waals surface area contributed by atoms with Crippen molar-refractivity contribution in [2.24, 2.45) is 0 Å². The van der Waals surface area contributed by atoms with Gasteiger partial charge in [-0.05, 0) is 19.9 Å². The van der Waals surface area contributed by atoms with Crippen molar-refractivity contribution >= 4 is 0 Å². The SMILES string of the molecule is CCCNC(COC)c1c(OC)cnn1CC. The summed E-state index contributed by atoms with van der Waals surface area (Å²) in [7, 11) is 3.38. The summed E-state index contributed by atoms with van der Waals surface area (Å²) in [4.78, 5) is 0. The molecule has 5 heteroatoms. The van der Waals surface area contributed by atoms with E-state index in [0.29, 0.717) is 6.61 Å². The van der Waals surface area contributed by atoms with Gasteiger partial charge >= 0.3 is 0 Å². The standard InChI is InChI=1S/C12H23N3O2/c1-5-7-13-10(9-16-3)12-11(17-4)8-14-15(12)6-2/h8,10,13H,5-7,9H2,1-4H3. The topological polar surface area (TPSA) is 48.3 Å². The monoisotopic (exact) mass is 241 g/mol. The zero-order valence-electron chi connectivity index (χ0n) is 11.2. The van der Waals surface area contributed by atoms with Crippen LogP contribution in [0.15, 0.2) is 6.20 Å². The predicted octanol–water partition coefficient (Wildman–Crippen LogP) is 1.60. The Bertz CT molecular complexity index is 304. The third kappa shape index (κ3) is 3.44. The molecule has 98 valence electrons. The van der Waals surface area contributed by atoms with Crippen molar-refractivity contribution in [3.63, 3.8) is 0 Å². The Balaban J connectivity index is 2.93. The smallest absolute Gasteiger partial charge is 0.161 e. The van der Waals surface area contributed by atoms with Gasteiger partial charge in [-0.3, -0.25) is 4.68 Å². The van der Waals surface area contributed by atoms with Gasteiger partial charge in [0.05, 0.1) is 31.6 Å². The van der Waals surface area contributed by atoms with Crippen molar-refractivity contribution < 1.29 is 9.47 Å². The molecule has 1 heterocycles. The molecule has 0 saturated heterocycles. The van der Waals surface area contributed by atoms with Gasteiger partial charge in [0.15, 0.2) is 5.75 Å². The average Bonchev–Trinajstić information content (AvgIpc) is 2.77. The summed E-state index contributed by atoms with van der Waals surface area (Å²) < 4.78 is 12.6. The normalized spacial score (nSPS) is 12.7. The molecule has 0 aromatic carbocycles. The number of ether oxygens (including phenoxy) is 2. The van der Waals surface area contributed by atoms with E-state index in [-0.39, 0.29) is 6.04 Å². The first kappa shape index (κ1) is 14.0. The van der Waals surface area contributed by atoms with Gasteiger partial charge in [-0.25, -0.2) is 0 Å². The molecule has 17 heavy (non-hydrogen) atoms. The van der Waals surface area contributed by atoms with Gasteiger partial charge in [-0.15, -0.1) is 0 Å². The number of methoxy groups -OCH3 is 2. The maximum absolute atomic E-state index is 5.36. The molecule has 5 nitrogen and oxygen atoms in total. The average molecular weight is 241 g/mol. The third-order valence-corrected chi connectivity index (χ3v) is 2.67. The molecule has 0 aliphatic rings. The lowest BCUT2D eigenvalue weighted by atomic mass is 10.2. The second kappa shape index (κ2) is 7.29. The van der Waals surface area contributed by atoms with Gasteiger partial charge in [0.2, 0.25) is 0 Å². The molecule has 0 spiro atoms. The molecule has 0 radical (unpaired) electrons. The van der Waals surface area contributed by atoms with E-state index in [2.05, 4.69) is 24.3 Å². The Kier molecular flexibility index (Phi) is 6.00. The maximum Gasteiger partial charge on any atom is 0.161 e. The van der Waals surface area contributed by atoms with E-state index in [1.165, 1.54) is 0 Å². The predicted molar refractivity (Wildman–Crippen MR) is 67.4 cm³/mol. The molecule has 0 amide bonds. The molecule has 0 aliphatic carbocycles. The highest BCUT2D eigenvalue weighted by Crippen LogP contribution is 2.25. The minimum Gasteiger partial charge on any atom is -0.493 e. The summed E-state index contributed by atoms with van der Waals surface area (Å²) in [6, 6.07) is 0.123. The van der Waals surface area contributed by atoms with E-state index >= 15 is 0 Å². The fourth-order valence-electron chi connectivity index (χ4n) is 1.86. The third-order valence-electron chi connectivity index (χ3n) is 2.67. The maximum atomic E-state index is 5.36. The van der Waals surface area contributed by atoms with Crippen LogP contribution in [-0.4, -0.2) is 37.2 Å². The molecule has 1 aromatic rings. The minimum atomic E-state index is 0.123. The van der Waals surface area contributed by atoms with Crippen LogP contribution in [0.3, 0.4) is 0 Å². The highest BCUT2D eigenvalue weighted by molar-refractivity contribution is 5.28. The van der Waals surface area contributed by atoms with Crippen molar-refractivity contribution in [3.8, 4) is 5.75 Å². The number of aryl methyl sites for hydroxylation is 1. The summed E-state index contributed by atoms with van der Waals surface area (Å²) in [5.41, 5.74) is 1.06. The van der Waals surface area contributed by atoms with E-state index in [1.807, 2.05) is 4.68 Å². The second-order valence-electron chi connectivity index (χ2n) is 3.88. The van der Waals surface area contributed by atoms with Crippen molar-refractivity contribution in [1.82, 2.24) is 15.1 Å². The van der Waals surface area contributed by atoms with Crippen LogP contribution in [0.2, 0.25) is 0 Å². The van der Waals surface area contributed by atoms with E-state index in [4.69, 9.17) is 9.47 Å². The Labute approximate surface area is 103 Å². The van der Waals surface area contributed by atoms with E-state index in [9.17, 15) is 0 Å². The van der Waals surface area contributed by atoms with Crippen LogP contribution in [0, 0.1) is 0 Å². The highest BCUT2D eigenvalue weighted by atomic mass is 16.5. The van der Waals surface area contributed by atoms with E-state index in [0.717, 1.165) is 31.0 Å². The Morgan fingerprint density at radius 2 is 2.18 bits per heavy atom. The molecule has 1 aromatic heterocycles. The lowest BCUT2D eigenvalue weighted by Gasteiger charge is -2.19. The van der Waals surface area contributed by atoms with Gasteiger partial charge in [0, 0.05) is 13.7 Å². The first-order valence-electron chi connectivity index (χ1n) is 6.10. The number of nitrogens with zero attached hydrogens (tertiary/aromatic N) is 2. The molecule has 0 aliphatic heterocycles. The van der Waals surface area contributed by atoms with Crippen LogP contribution in [0.4, 0.5) is 0 Å². The number of hydrogen-bond acceptors (Lipinski definition) is 4. The Hall–Kier alpha value is -1.07. The molecule has 1 rings (SSSR count). The van der Waals surface area contributed by atoms with Gasteiger partial charge in [0.1, 0.15) is 0 Å². The van der Waals surface area contributed by atoms with Crippen LogP contribution >= 0.6 is 0 Å².